The Morgan fingerprint density at radius 3 is 2.17 bits per heavy atom. The molecule has 124 valence electrons. The maximum absolute atomic E-state index is 11.6. The molecule has 1 saturated heterocycles. The molecular formula is C15H17Cl2N3O2S. The van der Waals surface area contributed by atoms with Crippen LogP contribution in [0.25, 0.3) is 0 Å². The van der Waals surface area contributed by atoms with Crippen molar-refractivity contribution in [2.45, 2.75) is 25.4 Å². The van der Waals surface area contributed by atoms with Crippen LogP contribution in [0.15, 0.2) is 28.2 Å². The van der Waals surface area contributed by atoms with Crippen LogP contribution in [0.5, 0.6) is 0 Å². The zero-order valence-electron chi connectivity index (χ0n) is 12.9. The minimum atomic E-state index is -3.16. The lowest BCUT2D eigenvalue weighted by atomic mass is 10.00. The van der Waals surface area contributed by atoms with Gasteiger partial charge in [0, 0.05) is 41.5 Å². The van der Waals surface area contributed by atoms with Crippen LogP contribution < -0.4 is 0 Å². The Morgan fingerprint density at radius 1 is 1.09 bits per heavy atom. The third kappa shape index (κ3) is 3.45. The molecule has 5 nitrogen and oxygen atoms in total. The number of halogens is 2. The standard InChI is InChI=1S/C15H17Cl2N3O2S/c1-10-14(11-7-12(16)9-13(17)8-11)19-15(18-10)3-5-20(6-4-15)23(2,21)22/h7-9H,3-6H2,1-2H3. The predicted octanol–water partition coefficient (Wildman–Crippen LogP) is 3.01. The van der Waals surface area contributed by atoms with E-state index in [0.717, 1.165) is 17.0 Å². The second kappa shape index (κ2) is 5.84. The first kappa shape index (κ1) is 16.9. The van der Waals surface area contributed by atoms with E-state index in [4.69, 9.17) is 33.2 Å². The smallest absolute Gasteiger partial charge is 0.211 e. The topological polar surface area (TPSA) is 62.1 Å². The van der Waals surface area contributed by atoms with Crippen LogP contribution in [0.3, 0.4) is 0 Å². The van der Waals surface area contributed by atoms with Gasteiger partial charge in [0.2, 0.25) is 10.0 Å². The van der Waals surface area contributed by atoms with Crippen molar-refractivity contribution in [3.63, 3.8) is 0 Å². The summed E-state index contributed by atoms with van der Waals surface area (Å²) in [5, 5.41) is 1.10. The Bertz CT molecular complexity index is 790. The molecule has 0 amide bonds. The highest BCUT2D eigenvalue weighted by molar-refractivity contribution is 7.88. The molecule has 2 heterocycles. The Kier molecular flexibility index (Phi) is 4.29. The van der Waals surface area contributed by atoms with Gasteiger partial charge in [-0.3, -0.25) is 9.98 Å². The molecule has 1 fully saturated rings. The molecule has 0 aliphatic carbocycles. The van der Waals surface area contributed by atoms with Gasteiger partial charge in [0.05, 0.1) is 17.7 Å². The molecule has 0 atom stereocenters. The van der Waals surface area contributed by atoms with Gasteiger partial charge in [0.15, 0.2) is 5.66 Å². The van der Waals surface area contributed by atoms with Gasteiger partial charge in [-0.15, -0.1) is 0 Å². The normalized spacial score (nSPS) is 21.4. The monoisotopic (exact) mass is 373 g/mol. The van der Waals surface area contributed by atoms with Crippen molar-refractivity contribution in [2.75, 3.05) is 19.3 Å². The van der Waals surface area contributed by atoms with E-state index in [1.165, 1.54) is 10.6 Å². The summed E-state index contributed by atoms with van der Waals surface area (Å²) in [5.41, 5.74) is 1.89. The van der Waals surface area contributed by atoms with Crippen LogP contribution in [0.2, 0.25) is 10.0 Å². The largest absolute Gasteiger partial charge is 0.258 e. The first-order valence-electron chi connectivity index (χ1n) is 7.27. The van der Waals surface area contributed by atoms with Gasteiger partial charge in [0.25, 0.3) is 0 Å². The number of piperidine rings is 1. The molecule has 0 bridgehead atoms. The van der Waals surface area contributed by atoms with Gasteiger partial charge in [-0.1, -0.05) is 23.2 Å². The minimum absolute atomic E-state index is 0.433. The average molecular weight is 374 g/mol. The van der Waals surface area contributed by atoms with Crippen molar-refractivity contribution >= 4 is 44.6 Å². The summed E-state index contributed by atoms with van der Waals surface area (Å²) in [7, 11) is -3.16. The molecule has 0 N–H and O–H groups in total. The number of hydrogen-bond acceptors (Lipinski definition) is 4. The average Bonchev–Trinajstić information content (AvgIpc) is 2.74. The van der Waals surface area contributed by atoms with Crippen molar-refractivity contribution in [3.8, 4) is 0 Å². The fourth-order valence-electron chi connectivity index (χ4n) is 3.04. The Balaban J connectivity index is 1.89. The number of nitrogens with zero attached hydrogens (tertiary/aromatic N) is 3. The number of sulfonamides is 1. The Labute approximate surface area is 146 Å². The summed E-state index contributed by atoms with van der Waals surface area (Å²) < 4.78 is 24.8. The van der Waals surface area contributed by atoms with Crippen molar-refractivity contribution in [2.24, 2.45) is 9.98 Å². The van der Waals surface area contributed by atoms with Crippen LogP contribution in [0.4, 0.5) is 0 Å². The fraction of sp³-hybridized carbons (Fsp3) is 0.467. The van der Waals surface area contributed by atoms with E-state index in [1.54, 1.807) is 6.07 Å². The molecule has 1 aromatic rings. The molecule has 0 radical (unpaired) electrons. The van der Waals surface area contributed by atoms with Gasteiger partial charge in [-0.05, 0) is 25.1 Å². The van der Waals surface area contributed by atoms with Crippen LogP contribution in [0.1, 0.15) is 25.3 Å². The number of aliphatic imine (C=N–C) groups is 2. The lowest BCUT2D eigenvalue weighted by Gasteiger charge is -2.33. The molecule has 0 saturated carbocycles. The van der Waals surface area contributed by atoms with Gasteiger partial charge in [-0.2, -0.15) is 0 Å². The summed E-state index contributed by atoms with van der Waals surface area (Å²) in [6, 6.07) is 5.31. The summed E-state index contributed by atoms with van der Waals surface area (Å²) in [6.07, 6.45) is 2.39. The van der Waals surface area contributed by atoms with E-state index in [9.17, 15) is 8.42 Å². The van der Waals surface area contributed by atoms with Gasteiger partial charge >= 0.3 is 0 Å². The first-order chi connectivity index (χ1) is 10.7. The molecule has 2 aliphatic rings. The first-order valence-corrected chi connectivity index (χ1v) is 9.87. The van der Waals surface area contributed by atoms with Gasteiger partial charge < -0.3 is 0 Å². The molecule has 3 rings (SSSR count). The van der Waals surface area contributed by atoms with Gasteiger partial charge in [0.1, 0.15) is 0 Å². The summed E-state index contributed by atoms with van der Waals surface area (Å²) in [5.74, 6) is 0. The number of rotatable bonds is 2. The Hall–Kier alpha value is -0.950. The highest BCUT2D eigenvalue weighted by Crippen LogP contribution is 2.34. The highest BCUT2D eigenvalue weighted by Gasteiger charge is 2.40. The lowest BCUT2D eigenvalue weighted by Crippen LogP contribution is -2.44. The molecule has 0 aromatic heterocycles. The predicted molar refractivity (Wildman–Crippen MR) is 94.5 cm³/mol. The number of hydrogen-bond donors (Lipinski definition) is 0. The van der Waals surface area contributed by atoms with Crippen LogP contribution >= 0.6 is 23.2 Å². The summed E-state index contributed by atoms with van der Waals surface area (Å²) in [4.78, 5) is 9.52. The van der Waals surface area contributed by atoms with Crippen LogP contribution in [-0.2, 0) is 10.0 Å². The van der Waals surface area contributed by atoms with Gasteiger partial charge in [-0.25, -0.2) is 12.7 Å². The van der Waals surface area contributed by atoms with Crippen molar-refractivity contribution < 1.29 is 8.42 Å². The zero-order chi connectivity index (χ0) is 16.8. The summed E-state index contributed by atoms with van der Waals surface area (Å²) >= 11 is 12.1. The molecule has 1 aromatic carbocycles. The van der Waals surface area contributed by atoms with E-state index < -0.39 is 15.7 Å². The molecule has 1 spiro atoms. The van der Waals surface area contributed by atoms with Crippen LogP contribution in [-0.4, -0.2) is 49.2 Å². The minimum Gasteiger partial charge on any atom is -0.258 e. The van der Waals surface area contributed by atoms with Crippen LogP contribution in [0, 0.1) is 0 Å². The molecule has 8 heteroatoms. The zero-order valence-corrected chi connectivity index (χ0v) is 15.2. The van der Waals surface area contributed by atoms with Crippen molar-refractivity contribution in [1.82, 2.24) is 4.31 Å². The summed E-state index contributed by atoms with van der Waals surface area (Å²) in [6.45, 7) is 2.77. The maximum atomic E-state index is 11.6. The third-order valence-corrected chi connectivity index (χ3v) is 5.91. The van der Waals surface area contributed by atoms with E-state index in [2.05, 4.69) is 0 Å². The van der Waals surface area contributed by atoms with E-state index in [1.807, 2.05) is 19.1 Å². The second-order valence-electron chi connectivity index (χ2n) is 5.96. The molecule has 0 unspecified atom stereocenters. The van der Waals surface area contributed by atoms with E-state index >= 15 is 0 Å². The second-order valence-corrected chi connectivity index (χ2v) is 8.82. The van der Waals surface area contributed by atoms with Crippen molar-refractivity contribution in [1.29, 1.82) is 0 Å². The molecular weight excluding hydrogens is 357 g/mol. The van der Waals surface area contributed by atoms with E-state index in [-0.39, 0.29) is 0 Å². The van der Waals surface area contributed by atoms with Crippen molar-refractivity contribution in [3.05, 3.63) is 33.8 Å². The molecule has 2 aliphatic heterocycles. The highest BCUT2D eigenvalue weighted by atomic mass is 35.5. The lowest BCUT2D eigenvalue weighted by molar-refractivity contribution is 0.250. The molecule has 23 heavy (non-hydrogen) atoms. The number of benzene rings is 1. The quantitative estimate of drug-likeness (QED) is 0.799. The Morgan fingerprint density at radius 2 is 1.65 bits per heavy atom. The fourth-order valence-corrected chi connectivity index (χ4v) is 4.41. The maximum Gasteiger partial charge on any atom is 0.211 e. The SMILES string of the molecule is CC1=NC2(CCN(S(C)(=O)=O)CC2)N=C1c1cc(Cl)cc(Cl)c1. The third-order valence-electron chi connectivity index (χ3n) is 4.17. The van der Waals surface area contributed by atoms with E-state index in [0.29, 0.717) is 36.0 Å².